The lowest BCUT2D eigenvalue weighted by Gasteiger charge is -2.32. The Morgan fingerprint density at radius 3 is 3.05 bits per heavy atom. The van der Waals surface area contributed by atoms with E-state index in [4.69, 9.17) is 10.5 Å². The highest BCUT2D eigenvalue weighted by atomic mass is 19.1. The summed E-state index contributed by atoms with van der Waals surface area (Å²) in [5.41, 5.74) is 7.51. The smallest absolute Gasteiger partial charge is 0.308 e. The number of carbonyl (C=O) groups excluding carboxylic acids is 1. The van der Waals surface area contributed by atoms with E-state index in [2.05, 4.69) is 9.64 Å². The van der Waals surface area contributed by atoms with E-state index in [-0.39, 0.29) is 24.3 Å². The Bertz CT molecular complexity index is 496. The Kier molecular flexibility index (Phi) is 5.67. The molecule has 2 N–H and O–H groups in total. The third-order valence-electron chi connectivity index (χ3n) is 3.63. The Labute approximate surface area is 123 Å². The second-order valence-electron chi connectivity index (χ2n) is 5.13. The van der Waals surface area contributed by atoms with Gasteiger partial charge in [0.25, 0.3) is 0 Å². The predicted octanol–water partition coefficient (Wildman–Crippen LogP) is 1.05. The van der Waals surface area contributed by atoms with Crippen LogP contribution in [0.4, 0.5) is 4.39 Å². The van der Waals surface area contributed by atoms with Crippen LogP contribution in [0.5, 0.6) is 0 Å². The van der Waals surface area contributed by atoms with Gasteiger partial charge in [-0.3, -0.25) is 9.69 Å². The molecule has 1 aliphatic heterocycles. The van der Waals surface area contributed by atoms with Crippen molar-refractivity contribution in [1.29, 1.82) is 0 Å². The molecule has 1 fully saturated rings. The number of nitrogens with two attached hydrogens (primary N) is 1. The molecule has 116 valence electrons. The second-order valence-corrected chi connectivity index (χ2v) is 5.13. The molecule has 0 radical (unpaired) electrons. The van der Waals surface area contributed by atoms with Gasteiger partial charge in [-0.25, -0.2) is 4.39 Å². The van der Waals surface area contributed by atoms with Crippen LogP contribution in [0, 0.1) is 5.82 Å². The van der Waals surface area contributed by atoms with E-state index in [0.717, 1.165) is 17.7 Å². The van der Waals surface area contributed by atoms with E-state index in [1.54, 1.807) is 6.07 Å². The average Bonchev–Trinajstić information content (AvgIpc) is 2.48. The fraction of sp³-hybridized carbons (Fsp3) is 0.533. The van der Waals surface area contributed by atoms with Gasteiger partial charge in [-0.15, -0.1) is 0 Å². The summed E-state index contributed by atoms with van der Waals surface area (Å²) in [7, 11) is 1.36. The molecule has 21 heavy (non-hydrogen) atoms. The summed E-state index contributed by atoms with van der Waals surface area (Å²) >= 11 is 0. The van der Waals surface area contributed by atoms with Gasteiger partial charge in [-0.1, -0.05) is 6.07 Å². The van der Waals surface area contributed by atoms with Crippen molar-refractivity contribution >= 4 is 5.97 Å². The molecule has 2 rings (SSSR count). The van der Waals surface area contributed by atoms with Crippen LogP contribution in [0.15, 0.2) is 18.2 Å². The lowest BCUT2D eigenvalue weighted by atomic mass is 10.1. The molecule has 6 heteroatoms. The van der Waals surface area contributed by atoms with Crippen LogP contribution in [-0.2, 0) is 27.4 Å². The molecule has 0 spiro atoms. The van der Waals surface area contributed by atoms with E-state index in [1.165, 1.54) is 19.2 Å². The lowest BCUT2D eigenvalue weighted by molar-refractivity contribution is -0.145. The molecule has 1 saturated heterocycles. The minimum atomic E-state index is -0.282. The number of carbonyl (C=O) groups is 1. The number of nitrogens with zero attached hydrogens (tertiary/aromatic N) is 1. The molecule has 0 saturated carbocycles. The van der Waals surface area contributed by atoms with Gasteiger partial charge in [-0.05, 0) is 23.3 Å². The molecule has 5 nitrogen and oxygen atoms in total. The first-order valence-corrected chi connectivity index (χ1v) is 7.00. The van der Waals surface area contributed by atoms with Crippen molar-refractivity contribution < 1.29 is 18.7 Å². The van der Waals surface area contributed by atoms with E-state index in [1.807, 2.05) is 0 Å². The van der Waals surface area contributed by atoms with Gasteiger partial charge in [-0.2, -0.15) is 0 Å². The van der Waals surface area contributed by atoms with E-state index < -0.39 is 0 Å². The first kappa shape index (κ1) is 15.9. The van der Waals surface area contributed by atoms with Crippen molar-refractivity contribution in [2.45, 2.75) is 25.6 Å². The summed E-state index contributed by atoms with van der Waals surface area (Å²) in [5, 5.41) is 0. The lowest BCUT2D eigenvalue weighted by Crippen LogP contribution is -2.43. The van der Waals surface area contributed by atoms with Crippen LogP contribution >= 0.6 is 0 Å². The summed E-state index contributed by atoms with van der Waals surface area (Å²) in [6, 6.07) is 4.66. The maximum Gasteiger partial charge on any atom is 0.308 e. The van der Waals surface area contributed by atoms with Crippen LogP contribution in [0.1, 0.15) is 17.5 Å². The Hall–Kier alpha value is -1.50. The SMILES string of the molecule is COC(=O)CC1CN(Cc2cc(F)ccc2CN)CCO1. The zero-order chi connectivity index (χ0) is 15.2. The third-order valence-corrected chi connectivity index (χ3v) is 3.63. The van der Waals surface area contributed by atoms with Crippen molar-refractivity contribution in [2.75, 3.05) is 26.8 Å². The van der Waals surface area contributed by atoms with Crippen LogP contribution in [-0.4, -0.2) is 43.8 Å². The normalized spacial score (nSPS) is 19.5. The average molecular weight is 296 g/mol. The van der Waals surface area contributed by atoms with Gasteiger partial charge in [0.15, 0.2) is 0 Å². The number of halogens is 1. The maximum atomic E-state index is 13.4. The van der Waals surface area contributed by atoms with Gasteiger partial charge >= 0.3 is 5.97 Å². The predicted molar refractivity (Wildman–Crippen MR) is 75.9 cm³/mol. The van der Waals surface area contributed by atoms with Gasteiger partial charge < -0.3 is 15.2 Å². The van der Waals surface area contributed by atoms with Gasteiger partial charge in [0.1, 0.15) is 5.82 Å². The molecule has 0 amide bonds. The summed E-state index contributed by atoms with van der Waals surface area (Å²) in [6.07, 6.45) is 0.0565. The fourth-order valence-electron chi connectivity index (χ4n) is 2.50. The summed E-state index contributed by atoms with van der Waals surface area (Å²) in [5.74, 6) is -0.545. The first-order chi connectivity index (χ1) is 10.1. The minimum Gasteiger partial charge on any atom is -0.469 e. The minimum absolute atomic E-state index is 0.180. The number of morpholine rings is 1. The maximum absolute atomic E-state index is 13.4. The number of benzene rings is 1. The van der Waals surface area contributed by atoms with Crippen molar-refractivity contribution in [3.05, 3.63) is 35.1 Å². The molecular formula is C15H21FN2O3. The Balaban J connectivity index is 1.99. The van der Waals surface area contributed by atoms with Crippen molar-refractivity contribution in [3.8, 4) is 0 Å². The number of hydrogen-bond acceptors (Lipinski definition) is 5. The molecular weight excluding hydrogens is 275 g/mol. The molecule has 1 aromatic rings. The molecule has 0 aromatic heterocycles. The number of rotatable bonds is 5. The first-order valence-electron chi connectivity index (χ1n) is 7.00. The Morgan fingerprint density at radius 2 is 2.33 bits per heavy atom. The van der Waals surface area contributed by atoms with Gasteiger partial charge in [0.2, 0.25) is 0 Å². The molecule has 0 bridgehead atoms. The highest BCUT2D eigenvalue weighted by molar-refractivity contribution is 5.69. The second kappa shape index (κ2) is 7.49. The third kappa shape index (κ3) is 4.49. The van der Waals surface area contributed by atoms with Crippen LogP contribution < -0.4 is 5.73 Å². The Morgan fingerprint density at radius 1 is 1.52 bits per heavy atom. The molecule has 0 aliphatic carbocycles. The molecule has 1 aromatic carbocycles. The monoisotopic (exact) mass is 296 g/mol. The number of hydrogen-bond donors (Lipinski definition) is 1. The van der Waals surface area contributed by atoms with Crippen LogP contribution in [0.2, 0.25) is 0 Å². The van der Waals surface area contributed by atoms with Gasteiger partial charge in [0.05, 0.1) is 26.2 Å². The highest BCUT2D eigenvalue weighted by Crippen LogP contribution is 2.17. The number of ether oxygens (including phenoxy) is 2. The molecule has 1 heterocycles. The van der Waals surface area contributed by atoms with Crippen molar-refractivity contribution in [1.82, 2.24) is 4.90 Å². The highest BCUT2D eigenvalue weighted by Gasteiger charge is 2.23. The zero-order valence-electron chi connectivity index (χ0n) is 12.2. The van der Waals surface area contributed by atoms with Crippen LogP contribution in [0.25, 0.3) is 0 Å². The topological polar surface area (TPSA) is 64.8 Å². The largest absolute Gasteiger partial charge is 0.469 e. The van der Waals surface area contributed by atoms with E-state index in [0.29, 0.717) is 26.2 Å². The quantitative estimate of drug-likeness (QED) is 0.823. The van der Waals surface area contributed by atoms with E-state index >= 15 is 0 Å². The van der Waals surface area contributed by atoms with Crippen molar-refractivity contribution in [3.63, 3.8) is 0 Å². The van der Waals surface area contributed by atoms with Gasteiger partial charge in [0, 0.05) is 26.2 Å². The standard InChI is InChI=1S/C15H21FN2O3/c1-20-15(19)7-14-10-18(4-5-21-14)9-12-6-13(16)3-2-11(12)8-17/h2-3,6,14H,4-5,7-10,17H2,1H3. The molecule has 1 unspecified atom stereocenters. The van der Waals surface area contributed by atoms with Crippen LogP contribution in [0.3, 0.4) is 0 Å². The fourth-order valence-corrected chi connectivity index (χ4v) is 2.50. The molecule has 1 atom stereocenters. The summed E-state index contributed by atoms with van der Waals surface area (Å²) in [6.45, 7) is 2.90. The number of esters is 1. The van der Waals surface area contributed by atoms with E-state index in [9.17, 15) is 9.18 Å². The number of methoxy groups -OCH3 is 1. The molecule has 1 aliphatic rings. The zero-order valence-corrected chi connectivity index (χ0v) is 12.2. The van der Waals surface area contributed by atoms with Crippen molar-refractivity contribution in [2.24, 2.45) is 5.73 Å². The summed E-state index contributed by atoms with van der Waals surface area (Å²) in [4.78, 5) is 13.4. The summed E-state index contributed by atoms with van der Waals surface area (Å²) < 4.78 is 23.6.